The number of phenolic OH excluding ortho intramolecular Hbond substituents is 2. The molecule has 4 fully saturated rings. The minimum absolute atomic E-state index is 0.00310. The third-order valence-electron chi connectivity index (χ3n) is 25.1. The number of hydrogen-bond acceptors (Lipinski definition) is 33. The van der Waals surface area contributed by atoms with Crippen LogP contribution in [0.15, 0.2) is 36.4 Å². The maximum atomic E-state index is 15.1. The second-order valence-corrected chi connectivity index (χ2v) is 35.4. The summed E-state index contributed by atoms with van der Waals surface area (Å²) >= 11 is 2.79. The van der Waals surface area contributed by atoms with E-state index >= 15 is 4.79 Å². The summed E-state index contributed by atoms with van der Waals surface area (Å²) in [6.45, 7) is 17.8. The summed E-state index contributed by atoms with van der Waals surface area (Å²) in [4.78, 5) is 101. The monoisotopic (exact) mass is 1700 g/mol. The van der Waals surface area contributed by atoms with Crippen molar-refractivity contribution in [1.82, 2.24) is 30.7 Å². The van der Waals surface area contributed by atoms with Crippen molar-refractivity contribution in [2.24, 2.45) is 0 Å². The van der Waals surface area contributed by atoms with E-state index in [0.29, 0.717) is 128 Å². The van der Waals surface area contributed by atoms with Crippen LogP contribution in [0.5, 0.6) is 80.5 Å². The largest absolute Gasteiger partial charge is 0.504 e. The molecule has 5 N–H and O–H groups in total. The van der Waals surface area contributed by atoms with Crippen LogP contribution in [0, 0.1) is 50.4 Å². The molecular formula is C87H92N8O24S2. The number of benzene rings is 6. The van der Waals surface area contributed by atoms with Crippen molar-refractivity contribution in [3.8, 4) is 92.6 Å². The van der Waals surface area contributed by atoms with Crippen LogP contribution in [0.4, 0.5) is 4.79 Å². The molecule has 121 heavy (non-hydrogen) atoms. The van der Waals surface area contributed by atoms with Crippen LogP contribution in [-0.4, -0.2) is 189 Å². The Hall–Kier alpha value is -11.1. The van der Waals surface area contributed by atoms with Crippen LogP contribution in [0.3, 0.4) is 0 Å². The second kappa shape index (κ2) is 30.8. The maximum Gasteiger partial charge on any atom is 0.411 e. The molecule has 0 aliphatic carbocycles. The first-order valence-electron chi connectivity index (χ1n) is 39.9. The zero-order valence-corrected chi connectivity index (χ0v) is 70.9. The van der Waals surface area contributed by atoms with Gasteiger partial charge >= 0.3 is 41.9 Å². The number of nitrogens with one attached hydrogen (secondary N) is 3. The minimum atomic E-state index is -1.51. The molecule has 20 rings (SSSR count). The molecule has 2 unspecified atom stereocenters. The Labute approximate surface area is 705 Å². The third-order valence-corrected chi connectivity index (χ3v) is 28.1. The highest BCUT2D eigenvalue weighted by Gasteiger charge is 2.66. The van der Waals surface area contributed by atoms with Crippen molar-refractivity contribution in [2.75, 3.05) is 79.8 Å². The standard InChI is InChI=1S/C46H50N4O13S.C41H42N4O11S/c1-20-12-25-13-27-28(16-47)49-29-17-58-43(54)46(26-15-30(56-8)31(61-22(3)51)14-24(26)10-11-48-46)18-64-42(34-33(29)41-40(59-19-60-41)21(2)39(34)62-23(4)52)36(49)35(32(25)37(53)38(20)57-9)50(27)44(55)63-45(5,6)7;1-17-9-22-10-24-25(13-42)45-26-14-52-40(49)41(23-12-27(50-5)28(55-19(3)46)11-21(23)7-8-43-41)15-57-39(33(45)32(44-24)29(22)34(48)35(17)51-6)31-30(26)38-37(53-16-54-38)18(2)36(31)56-20(4)47/h12,14-15,27-29,35-36,42,48,53H,10-11,13,17-19H2,1-9H3;9,11-12,24-26,32-33,39,43-44,48H,7-8,10,14-16H2,1-6H3/t27-,28-,29-,35+,36?,42+,46+;24-,25-,26-,32+,33?,39+,41+/m00/s1. The summed E-state index contributed by atoms with van der Waals surface area (Å²) in [6.07, 6.45) is 0.954. The van der Waals surface area contributed by atoms with Gasteiger partial charge in [-0.15, -0.1) is 23.5 Å². The number of carbonyl (C=O) groups excluding carboxylic acids is 7. The number of esters is 6. The van der Waals surface area contributed by atoms with E-state index in [2.05, 4.69) is 33.0 Å². The van der Waals surface area contributed by atoms with Crippen LogP contribution >= 0.6 is 23.5 Å². The Kier molecular flexibility index (Phi) is 20.9. The number of thioether (sulfide) groups is 2. The van der Waals surface area contributed by atoms with Crippen molar-refractivity contribution in [1.29, 1.82) is 10.5 Å². The Balaban J connectivity index is 0.000000173. The van der Waals surface area contributed by atoms with E-state index in [4.69, 9.17) is 71.1 Å². The first kappa shape index (κ1) is 82.2. The molecule has 32 nitrogen and oxygen atoms in total. The normalized spacial score (nSPS) is 27.0. The van der Waals surface area contributed by atoms with Gasteiger partial charge in [-0.2, -0.15) is 10.5 Å². The molecule has 0 aromatic heterocycles. The van der Waals surface area contributed by atoms with E-state index in [9.17, 15) is 49.5 Å². The highest BCUT2D eigenvalue weighted by Crippen LogP contribution is 2.68. The van der Waals surface area contributed by atoms with Crippen molar-refractivity contribution in [3.63, 3.8) is 0 Å². The first-order chi connectivity index (χ1) is 57.9. The lowest BCUT2D eigenvalue weighted by atomic mass is 9.71. The molecule has 6 aromatic carbocycles. The zero-order valence-electron chi connectivity index (χ0n) is 69.3. The molecule has 0 saturated carbocycles. The lowest BCUT2D eigenvalue weighted by Crippen LogP contribution is -2.71. The first-order valence-corrected chi connectivity index (χ1v) is 42.0. The number of aryl methyl sites for hydroxylation is 2. The number of fused-ring (bicyclic) bond motifs is 18. The number of carbonyl (C=O) groups is 7. The molecule has 4 saturated heterocycles. The summed E-state index contributed by atoms with van der Waals surface area (Å²) in [5.74, 6) is 0.304. The summed E-state index contributed by atoms with van der Waals surface area (Å²) in [6, 6.07) is 8.27. The molecule has 1 amide bonds. The summed E-state index contributed by atoms with van der Waals surface area (Å²) < 4.78 is 89.8. The Morgan fingerprint density at radius 3 is 1.42 bits per heavy atom. The van der Waals surface area contributed by atoms with Gasteiger partial charge in [0.25, 0.3) is 0 Å². The molecule has 34 heteroatoms. The van der Waals surface area contributed by atoms with Crippen molar-refractivity contribution >= 4 is 65.4 Å². The summed E-state index contributed by atoms with van der Waals surface area (Å²) in [5.41, 5.74) is 6.39. The maximum absolute atomic E-state index is 15.1. The van der Waals surface area contributed by atoms with Gasteiger partial charge in [-0.05, 0) is 143 Å². The second-order valence-electron chi connectivity index (χ2n) is 33.1. The van der Waals surface area contributed by atoms with Gasteiger partial charge in [-0.1, -0.05) is 12.1 Å². The molecule has 14 aliphatic heterocycles. The van der Waals surface area contributed by atoms with E-state index in [0.717, 1.165) is 27.8 Å². The summed E-state index contributed by atoms with van der Waals surface area (Å²) in [7, 11) is 5.89. The van der Waals surface area contributed by atoms with Crippen molar-refractivity contribution in [3.05, 3.63) is 125 Å². The molecule has 14 heterocycles. The number of ether oxygens (including phenoxy) is 15. The fourth-order valence-corrected chi connectivity index (χ4v) is 24.1. The number of phenols is 2. The van der Waals surface area contributed by atoms with Gasteiger partial charge in [0.2, 0.25) is 13.6 Å². The number of methoxy groups -OCH3 is 4. The fourth-order valence-electron chi connectivity index (χ4n) is 20.7. The molecule has 8 bridgehead atoms. The highest BCUT2D eigenvalue weighted by atomic mass is 32.2. The predicted molar refractivity (Wildman–Crippen MR) is 431 cm³/mol. The summed E-state index contributed by atoms with van der Waals surface area (Å²) in [5, 5.41) is 56.1. The number of hydrogen-bond donors (Lipinski definition) is 5. The molecule has 14 atom stereocenters. The van der Waals surface area contributed by atoms with Gasteiger partial charge in [0.1, 0.15) is 42.4 Å². The van der Waals surface area contributed by atoms with Crippen LogP contribution in [0.25, 0.3) is 0 Å². The number of nitrogens with zero attached hydrogens (tertiary/aromatic N) is 5. The van der Waals surface area contributed by atoms with Gasteiger partial charge in [0.05, 0.1) is 87.3 Å². The number of rotatable bonds is 8. The molecule has 636 valence electrons. The zero-order chi connectivity index (χ0) is 85.8. The highest BCUT2D eigenvalue weighted by molar-refractivity contribution is 7.99. The molecule has 14 aliphatic rings. The number of aromatic hydroxyl groups is 2. The number of piperazine rings is 2. The number of nitriles is 2. The van der Waals surface area contributed by atoms with Gasteiger partial charge in [-0.3, -0.25) is 44.5 Å². The van der Waals surface area contributed by atoms with Gasteiger partial charge in [-0.25, -0.2) is 14.4 Å². The Bertz CT molecular complexity index is 5550. The van der Waals surface area contributed by atoms with E-state index in [1.54, 1.807) is 56.9 Å². The molecule has 2 spiro atoms. The van der Waals surface area contributed by atoms with E-state index in [1.165, 1.54) is 79.7 Å². The topological polar surface area (TPSA) is 392 Å². The lowest BCUT2D eigenvalue weighted by molar-refractivity contribution is -0.157. The van der Waals surface area contributed by atoms with Gasteiger partial charge in [0, 0.05) is 109 Å². The smallest absolute Gasteiger partial charge is 0.411 e. The van der Waals surface area contributed by atoms with Crippen LogP contribution in [0.1, 0.15) is 172 Å². The average Bonchev–Trinajstić information content (AvgIpc) is 1.46. The van der Waals surface area contributed by atoms with Gasteiger partial charge < -0.3 is 86.6 Å². The van der Waals surface area contributed by atoms with Crippen molar-refractivity contribution in [2.45, 2.75) is 189 Å². The van der Waals surface area contributed by atoms with Crippen LogP contribution in [0.2, 0.25) is 0 Å². The van der Waals surface area contributed by atoms with Crippen LogP contribution in [-0.2, 0) is 79.7 Å². The number of amides is 1. The van der Waals surface area contributed by atoms with Crippen molar-refractivity contribution < 1.29 is 115 Å². The predicted octanol–water partition coefficient (Wildman–Crippen LogP) is 9.38. The lowest BCUT2D eigenvalue weighted by Gasteiger charge is -2.62. The van der Waals surface area contributed by atoms with E-state index < -0.39 is 123 Å². The Morgan fingerprint density at radius 2 is 0.975 bits per heavy atom. The minimum Gasteiger partial charge on any atom is -0.504 e. The SMILES string of the molecule is COc1cc2c(cc1OC(C)=O)CCN[C@]21CS[C@@H]2c3c(OC(C)=O)c(C)c4c(c3[C@H](COC1=O)N1C2[C@@H]2N[C@@H](Cc3cc(C)c(OC)c(O)c32)[C@@H]1C#N)OCO4.COc1cc2c(cc1OC(C)=O)CCN[C@]21CS[C@@H]2c3c(OC(C)=O)c(C)c4c(c3[C@H](COC1=O)N1C2[C@H]2c3c(cc(C)c(OC)c3O)C[C@@H]([C@@H]1C#N)N2C(=O)OC(C)(C)C)OCO4. The van der Waals surface area contributed by atoms with E-state index in [1.807, 2.05) is 37.8 Å². The molecule has 6 aromatic rings. The van der Waals surface area contributed by atoms with Crippen LogP contribution < -0.4 is 72.8 Å². The third kappa shape index (κ3) is 13.0. The van der Waals surface area contributed by atoms with Gasteiger partial charge in [0.15, 0.2) is 80.1 Å². The fraction of sp³-hybridized carbons (Fsp3) is 0.483. The molecule has 0 radical (unpaired) electrons. The Morgan fingerprint density at radius 1 is 0.529 bits per heavy atom. The molecular weight excluding hydrogens is 1610 g/mol. The van der Waals surface area contributed by atoms with E-state index in [-0.39, 0.29) is 96.8 Å². The average molecular weight is 1700 g/mol. The quantitative estimate of drug-likeness (QED) is 0.0538.